The molecule has 6 nitrogen and oxygen atoms in total. The van der Waals surface area contributed by atoms with Crippen LogP contribution < -0.4 is 0 Å². The van der Waals surface area contributed by atoms with Crippen LogP contribution in [0.4, 0.5) is 0 Å². The van der Waals surface area contributed by atoms with Crippen LogP contribution in [0.3, 0.4) is 0 Å². The minimum atomic E-state index is -0.821. The highest BCUT2D eigenvalue weighted by molar-refractivity contribution is 5.72. The zero-order valence-electron chi connectivity index (χ0n) is 53.8. The van der Waals surface area contributed by atoms with E-state index in [2.05, 4.69) is 93.7 Å². The number of allylic oxidation sites excluding steroid dienone is 13. The molecule has 0 spiro atoms. The molecule has 0 aromatic heterocycles. The van der Waals surface area contributed by atoms with E-state index in [1.165, 1.54) is 231 Å². The van der Waals surface area contributed by atoms with Gasteiger partial charge in [0.15, 0.2) is 6.10 Å². The van der Waals surface area contributed by atoms with Gasteiger partial charge in [-0.3, -0.25) is 14.4 Å². The summed E-state index contributed by atoms with van der Waals surface area (Å²) in [5.74, 6) is -1.03. The zero-order valence-corrected chi connectivity index (χ0v) is 53.8. The van der Waals surface area contributed by atoms with E-state index >= 15 is 0 Å². The van der Waals surface area contributed by atoms with Crippen LogP contribution in [-0.2, 0) is 28.6 Å². The van der Waals surface area contributed by atoms with Gasteiger partial charge in [-0.15, -0.1) is 0 Å². The van der Waals surface area contributed by atoms with Crippen molar-refractivity contribution in [2.45, 2.75) is 361 Å². The molecule has 81 heavy (non-hydrogen) atoms. The van der Waals surface area contributed by atoms with E-state index in [1.807, 2.05) is 6.08 Å². The summed E-state index contributed by atoms with van der Waals surface area (Å²) in [5, 5.41) is 0. The lowest BCUT2D eigenvalue weighted by molar-refractivity contribution is -0.166. The Bertz CT molecular complexity index is 1530. The summed E-state index contributed by atoms with van der Waals surface area (Å²) in [6.07, 6.45) is 92.3. The number of esters is 3. The van der Waals surface area contributed by atoms with Crippen molar-refractivity contribution in [3.05, 3.63) is 85.1 Å². The second-order valence-corrected chi connectivity index (χ2v) is 23.4. The van der Waals surface area contributed by atoms with Gasteiger partial charge in [-0.25, -0.2) is 0 Å². The van der Waals surface area contributed by atoms with Crippen LogP contribution in [0.2, 0.25) is 0 Å². The van der Waals surface area contributed by atoms with Gasteiger partial charge in [0.25, 0.3) is 0 Å². The van der Waals surface area contributed by atoms with Crippen LogP contribution in [0.15, 0.2) is 85.1 Å². The van der Waals surface area contributed by atoms with Gasteiger partial charge in [0.2, 0.25) is 0 Å². The highest BCUT2D eigenvalue weighted by atomic mass is 16.6. The standard InChI is InChI=1S/C75H132O6/c1-4-7-10-13-16-19-22-25-28-30-31-32-33-34-35-36-37-38-39-40-41-42-43-45-47-50-53-56-59-62-65-68-74(77)80-71-72(70-79-73(76)67-64-61-58-55-52-49-46-27-24-21-18-15-12-9-6-3)81-75(78)69-66-63-60-57-54-51-48-44-29-26-23-20-17-14-11-8-5-2/h9,12,17-18,20-21,26-27,29,46,52,55,61,64,72H,4-8,10-11,13-16,19,22-25,28,30-45,47-51,53-54,56-60,62-63,65-71H2,1-3H3/b12-9-,20-17-,21-18-,29-26-,46-27-,55-52-,64-61-. The van der Waals surface area contributed by atoms with Gasteiger partial charge < -0.3 is 14.2 Å². The minimum Gasteiger partial charge on any atom is -0.462 e. The average molecular weight is 1130 g/mol. The van der Waals surface area contributed by atoms with E-state index < -0.39 is 12.1 Å². The first-order valence-electron chi connectivity index (χ1n) is 35.1. The average Bonchev–Trinajstić information content (AvgIpc) is 3.47. The summed E-state index contributed by atoms with van der Waals surface area (Å²) >= 11 is 0. The molecule has 0 aliphatic carbocycles. The molecule has 0 aromatic carbocycles. The molecule has 0 fully saturated rings. The van der Waals surface area contributed by atoms with E-state index in [9.17, 15) is 14.4 Å². The highest BCUT2D eigenvalue weighted by Gasteiger charge is 2.19. The second kappa shape index (κ2) is 69.1. The molecule has 468 valence electrons. The van der Waals surface area contributed by atoms with Gasteiger partial charge in [-0.2, -0.15) is 0 Å². The smallest absolute Gasteiger partial charge is 0.309 e. The van der Waals surface area contributed by atoms with Gasteiger partial charge >= 0.3 is 17.9 Å². The predicted molar refractivity (Wildman–Crippen MR) is 353 cm³/mol. The van der Waals surface area contributed by atoms with Gasteiger partial charge in [0.05, 0.1) is 6.42 Å². The van der Waals surface area contributed by atoms with Crippen LogP contribution >= 0.6 is 0 Å². The SMILES string of the molecule is CC/C=C\C/C=C\C/C=C\C/C=C\C/C=C\CC(=O)OCC(COC(=O)CCCCCCCCCCCCCCCCCCCCCCCCCCCCCCCCC)OC(=O)CCCCCCCCC/C=C\C/C=C\CCCCC. The molecule has 0 N–H and O–H groups in total. The van der Waals surface area contributed by atoms with Gasteiger partial charge in [0, 0.05) is 12.8 Å². The van der Waals surface area contributed by atoms with Crippen LogP contribution in [-0.4, -0.2) is 37.2 Å². The molecule has 6 heteroatoms. The quantitative estimate of drug-likeness (QED) is 0.0261. The number of rotatable bonds is 64. The highest BCUT2D eigenvalue weighted by Crippen LogP contribution is 2.18. The molecule has 0 saturated heterocycles. The Kier molecular flexibility index (Phi) is 66.2. The predicted octanol–water partition coefficient (Wildman–Crippen LogP) is 24.2. The van der Waals surface area contributed by atoms with E-state index in [0.717, 1.165) is 83.5 Å². The summed E-state index contributed by atoms with van der Waals surface area (Å²) in [5.41, 5.74) is 0. The molecule has 0 radical (unpaired) electrons. The monoisotopic (exact) mass is 1130 g/mol. The molecule has 0 amide bonds. The Hall–Kier alpha value is -3.41. The normalized spacial score (nSPS) is 12.6. The Labute approximate surface area is 503 Å². The summed E-state index contributed by atoms with van der Waals surface area (Å²) in [7, 11) is 0. The first-order chi connectivity index (χ1) is 40.0. The fraction of sp³-hybridized carbons (Fsp3) is 0.773. The van der Waals surface area contributed by atoms with Crippen molar-refractivity contribution in [3.63, 3.8) is 0 Å². The summed E-state index contributed by atoms with van der Waals surface area (Å²) < 4.78 is 16.8. The summed E-state index contributed by atoms with van der Waals surface area (Å²) in [4.78, 5) is 38.3. The Morgan fingerprint density at radius 2 is 0.531 bits per heavy atom. The lowest BCUT2D eigenvalue weighted by atomic mass is 10.0. The fourth-order valence-electron chi connectivity index (χ4n) is 10.2. The van der Waals surface area contributed by atoms with Crippen LogP contribution in [0.25, 0.3) is 0 Å². The van der Waals surface area contributed by atoms with Gasteiger partial charge in [0.1, 0.15) is 13.2 Å². The second-order valence-electron chi connectivity index (χ2n) is 23.4. The van der Waals surface area contributed by atoms with Crippen LogP contribution in [0, 0.1) is 0 Å². The first-order valence-corrected chi connectivity index (χ1v) is 35.1. The third-order valence-electron chi connectivity index (χ3n) is 15.4. The molecule has 0 aliphatic rings. The molecule has 0 heterocycles. The molecule has 0 saturated carbocycles. The molecule has 0 bridgehead atoms. The number of carbonyl (C=O) groups is 3. The number of hydrogen-bond donors (Lipinski definition) is 0. The molecular formula is C75H132O6. The fourth-order valence-corrected chi connectivity index (χ4v) is 10.2. The third kappa shape index (κ3) is 67.3. The minimum absolute atomic E-state index is 0.107. The van der Waals surface area contributed by atoms with E-state index in [0.29, 0.717) is 12.8 Å². The first kappa shape index (κ1) is 77.6. The van der Waals surface area contributed by atoms with E-state index in [-0.39, 0.29) is 31.6 Å². The molecule has 0 aliphatic heterocycles. The summed E-state index contributed by atoms with van der Waals surface area (Å²) in [6.45, 7) is 6.45. The van der Waals surface area contributed by atoms with E-state index in [1.54, 1.807) is 6.08 Å². The lowest BCUT2D eigenvalue weighted by Gasteiger charge is -2.18. The zero-order chi connectivity index (χ0) is 58.5. The van der Waals surface area contributed by atoms with Crippen molar-refractivity contribution in [3.8, 4) is 0 Å². The van der Waals surface area contributed by atoms with Crippen molar-refractivity contribution in [1.29, 1.82) is 0 Å². The van der Waals surface area contributed by atoms with Gasteiger partial charge in [-0.1, -0.05) is 343 Å². The number of unbranched alkanes of at least 4 members (excludes halogenated alkanes) is 40. The molecule has 1 atom stereocenters. The summed E-state index contributed by atoms with van der Waals surface area (Å²) in [6, 6.07) is 0. The number of ether oxygens (including phenoxy) is 3. The topological polar surface area (TPSA) is 78.9 Å². The Balaban J connectivity index is 4.24. The molecule has 1 unspecified atom stereocenters. The maximum Gasteiger partial charge on any atom is 0.309 e. The van der Waals surface area contributed by atoms with Crippen LogP contribution in [0.5, 0.6) is 0 Å². The third-order valence-corrected chi connectivity index (χ3v) is 15.4. The molecule has 0 aromatic rings. The Morgan fingerprint density at radius 3 is 0.889 bits per heavy atom. The van der Waals surface area contributed by atoms with Crippen molar-refractivity contribution in [1.82, 2.24) is 0 Å². The van der Waals surface area contributed by atoms with E-state index in [4.69, 9.17) is 14.2 Å². The molecular weight excluding hydrogens is 997 g/mol. The molecule has 0 rings (SSSR count). The maximum atomic E-state index is 12.9. The maximum absolute atomic E-state index is 12.9. The Morgan fingerprint density at radius 1 is 0.272 bits per heavy atom. The van der Waals surface area contributed by atoms with Crippen LogP contribution in [0.1, 0.15) is 355 Å². The van der Waals surface area contributed by atoms with Gasteiger partial charge in [-0.05, 0) is 77.0 Å². The van der Waals surface area contributed by atoms with Crippen molar-refractivity contribution in [2.75, 3.05) is 13.2 Å². The lowest BCUT2D eigenvalue weighted by Crippen LogP contribution is -2.30. The van der Waals surface area contributed by atoms with Crippen molar-refractivity contribution < 1.29 is 28.6 Å². The van der Waals surface area contributed by atoms with Crippen molar-refractivity contribution >= 4 is 17.9 Å². The largest absolute Gasteiger partial charge is 0.462 e. The number of hydrogen-bond acceptors (Lipinski definition) is 6. The number of carbonyl (C=O) groups excluding carboxylic acids is 3. The van der Waals surface area contributed by atoms with Crippen molar-refractivity contribution in [2.24, 2.45) is 0 Å².